The monoisotopic (exact) mass is 370 g/mol. The zero-order valence-corrected chi connectivity index (χ0v) is 16.8. The van der Waals surface area contributed by atoms with E-state index in [2.05, 4.69) is 4.98 Å². The molecule has 0 aliphatic carbocycles. The van der Waals surface area contributed by atoms with Crippen LogP contribution in [0.2, 0.25) is 0 Å². The van der Waals surface area contributed by atoms with Crippen LogP contribution in [0.3, 0.4) is 0 Å². The highest BCUT2D eigenvalue weighted by molar-refractivity contribution is 6.62. The lowest BCUT2D eigenvalue weighted by Gasteiger charge is -2.32. The molecule has 3 rings (SSSR count). The summed E-state index contributed by atoms with van der Waals surface area (Å²) in [4.78, 5) is 4.27. The number of aromatic nitrogens is 1. The number of nitrogen functional groups attached to an aromatic ring is 1. The van der Waals surface area contributed by atoms with Crippen molar-refractivity contribution in [3.8, 4) is 11.5 Å². The molecule has 1 aliphatic rings. The van der Waals surface area contributed by atoms with Crippen molar-refractivity contribution < 1.29 is 18.8 Å². The number of nitrogens with zero attached hydrogens (tertiary/aromatic N) is 1. The van der Waals surface area contributed by atoms with Gasteiger partial charge < -0.3 is 24.5 Å². The third kappa shape index (κ3) is 3.75. The van der Waals surface area contributed by atoms with E-state index < -0.39 is 18.3 Å². The number of rotatable bonds is 5. The predicted octanol–water partition coefficient (Wildman–Crippen LogP) is 3.11. The smallest absolute Gasteiger partial charge is 0.496 e. The second kappa shape index (κ2) is 7.05. The van der Waals surface area contributed by atoms with Gasteiger partial charge in [0.15, 0.2) is 11.6 Å². The fourth-order valence-corrected chi connectivity index (χ4v) is 2.93. The molecule has 0 spiro atoms. The molecule has 6 nitrogen and oxygen atoms in total. The van der Waals surface area contributed by atoms with Crippen molar-refractivity contribution >= 4 is 18.4 Å². The SMILES string of the molecule is COc1ccccc1[C@@H](C)Oc1cc(B2OC(C)(C)C(C)(C)O2)cnc1N. The maximum Gasteiger partial charge on any atom is 0.496 e. The summed E-state index contributed by atoms with van der Waals surface area (Å²) < 4.78 is 23.7. The first-order chi connectivity index (χ1) is 12.6. The molecule has 1 aromatic heterocycles. The molecule has 27 heavy (non-hydrogen) atoms. The van der Waals surface area contributed by atoms with Crippen LogP contribution in [0, 0.1) is 0 Å². The quantitative estimate of drug-likeness (QED) is 0.816. The molecule has 0 bridgehead atoms. The lowest BCUT2D eigenvalue weighted by Crippen LogP contribution is -2.41. The minimum Gasteiger partial charge on any atom is -0.496 e. The molecule has 7 heteroatoms. The Bertz CT molecular complexity index is 809. The molecule has 1 fully saturated rings. The summed E-state index contributed by atoms with van der Waals surface area (Å²) in [5, 5.41) is 0. The largest absolute Gasteiger partial charge is 0.496 e. The van der Waals surface area contributed by atoms with Gasteiger partial charge in [-0.1, -0.05) is 18.2 Å². The maximum absolute atomic E-state index is 6.10. The van der Waals surface area contributed by atoms with Crippen LogP contribution in [0.4, 0.5) is 5.82 Å². The van der Waals surface area contributed by atoms with E-state index in [9.17, 15) is 0 Å². The van der Waals surface area contributed by atoms with E-state index in [-0.39, 0.29) is 6.10 Å². The summed E-state index contributed by atoms with van der Waals surface area (Å²) in [6, 6.07) is 9.56. The lowest BCUT2D eigenvalue weighted by atomic mass is 9.80. The van der Waals surface area contributed by atoms with E-state index in [0.717, 1.165) is 16.8 Å². The number of nitrogens with two attached hydrogens (primary N) is 1. The van der Waals surface area contributed by atoms with Crippen molar-refractivity contribution in [1.29, 1.82) is 0 Å². The molecule has 0 unspecified atom stereocenters. The summed E-state index contributed by atoms with van der Waals surface area (Å²) in [6.45, 7) is 9.99. The van der Waals surface area contributed by atoms with E-state index in [4.69, 9.17) is 24.5 Å². The van der Waals surface area contributed by atoms with Crippen LogP contribution in [0.25, 0.3) is 0 Å². The maximum atomic E-state index is 6.10. The molecule has 2 heterocycles. The Morgan fingerprint density at radius 2 is 1.70 bits per heavy atom. The Balaban J connectivity index is 1.84. The van der Waals surface area contributed by atoms with Crippen molar-refractivity contribution in [3.05, 3.63) is 42.1 Å². The second-order valence-electron chi connectivity index (χ2n) is 7.74. The number of ether oxygens (including phenoxy) is 2. The lowest BCUT2D eigenvalue weighted by molar-refractivity contribution is 0.00578. The zero-order valence-electron chi connectivity index (χ0n) is 16.8. The van der Waals surface area contributed by atoms with Gasteiger partial charge in [0, 0.05) is 17.2 Å². The molecule has 0 radical (unpaired) electrons. The van der Waals surface area contributed by atoms with Gasteiger partial charge in [0.1, 0.15) is 11.9 Å². The molecule has 1 atom stereocenters. The van der Waals surface area contributed by atoms with E-state index in [1.54, 1.807) is 13.3 Å². The van der Waals surface area contributed by atoms with E-state index in [0.29, 0.717) is 11.6 Å². The fourth-order valence-electron chi connectivity index (χ4n) is 2.93. The Hall–Kier alpha value is -2.25. The van der Waals surface area contributed by atoms with Crippen molar-refractivity contribution in [2.24, 2.45) is 0 Å². The first kappa shape index (κ1) is 19.5. The Kier molecular flexibility index (Phi) is 5.10. The summed E-state index contributed by atoms with van der Waals surface area (Å²) in [7, 11) is 1.12. The molecule has 1 saturated heterocycles. The van der Waals surface area contributed by atoms with Crippen LogP contribution in [0.5, 0.6) is 11.5 Å². The summed E-state index contributed by atoms with van der Waals surface area (Å²) in [6.07, 6.45) is 1.40. The van der Waals surface area contributed by atoms with Gasteiger partial charge in [0.2, 0.25) is 0 Å². The highest BCUT2D eigenvalue weighted by Crippen LogP contribution is 2.37. The third-order valence-corrected chi connectivity index (χ3v) is 5.31. The molecule has 1 aliphatic heterocycles. The molecule has 0 amide bonds. The number of anilines is 1. The number of hydrogen-bond donors (Lipinski definition) is 1. The molecular formula is C20H27BN2O4. The fraction of sp³-hybridized carbons (Fsp3) is 0.450. The van der Waals surface area contributed by atoms with Crippen molar-refractivity contribution in [1.82, 2.24) is 4.98 Å². The molecule has 144 valence electrons. The summed E-state index contributed by atoms with van der Waals surface area (Å²) >= 11 is 0. The van der Waals surface area contributed by atoms with Crippen LogP contribution in [0.15, 0.2) is 36.5 Å². The minimum atomic E-state index is -0.521. The minimum absolute atomic E-state index is 0.265. The molecule has 2 aromatic rings. The van der Waals surface area contributed by atoms with Gasteiger partial charge in [-0.25, -0.2) is 4.98 Å². The van der Waals surface area contributed by atoms with Gasteiger partial charge in [-0.2, -0.15) is 0 Å². The zero-order chi connectivity index (χ0) is 19.8. The first-order valence-corrected chi connectivity index (χ1v) is 9.05. The highest BCUT2D eigenvalue weighted by Gasteiger charge is 2.52. The van der Waals surface area contributed by atoms with E-state index in [1.165, 1.54) is 0 Å². The van der Waals surface area contributed by atoms with Crippen molar-refractivity contribution in [3.63, 3.8) is 0 Å². The number of methoxy groups -OCH3 is 1. The Labute approximate surface area is 161 Å². The van der Waals surface area contributed by atoms with E-state index >= 15 is 0 Å². The predicted molar refractivity (Wildman–Crippen MR) is 106 cm³/mol. The van der Waals surface area contributed by atoms with Gasteiger partial charge in [0.25, 0.3) is 0 Å². The van der Waals surface area contributed by atoms with Crippen LogP contribution in [-0.4, -0.2) is 30.4 Å². The van der Waals surface area contributed by atoms with Crippen LogP contribution in [-0.2, 0) is 9.31 Å². The van der Waals surface area contributed by atoms with Gasteiger partial charge in [0.05, 0.1) is 18.3 Å². The normalized spacial score (nSPS) is 19.0. The van der Waals surface area contributed by atoms with Crippen LogP contribution in [0.1, 0.15) is 46.3 Å². The molecule has 0 saturated carbocycles. The average molecular weight is 370 g/mol. The second-order valence-corrected chi connectivity index (χ2v) is 7.74. The highest BCUT2D eigenvalue weighted by atomic mass is 16.7. The third-order valence-electron chi connectivity index (χ3n) is 5.31. The van der Waals surface area contributed by atoms with Gasteiger partial charge in [-0.05, 0) is 46.8 Å². The van der Waals surface area contributed by atoms with Crippen molar-refractivity contribution in [2.75, 3.05) is 12.8 Å². The number of benzene rings is 1. The van der Waals surface area contributed by atoms with Gasteiger partial charge >= 0.3 is 7.12 Å². The van der Waals surface area contributed by atoms with Gasteiger partial charge in [-0.3, -0.25) is 0 Å². The summed E-state index contributed by atoms with van der Waals surface area (Å²) in [5.41, 5.74) is 6.89. The van der Waals surface area contributed by atoms with Crippen LogP contribution >= 0.6 is 0 Å². The standard InChI is InChI=1S/C20H27BN2O4/c1-13(15-9-7-8-10-16(15)24-6)25-17-11-14(12-23-18(17)22)21-26-19(2,3)20(4,5)27-21/h7-13H,1-6H3,(H2,22,23)/t13-/m1/s1. The Morgan fingerprint density at radius 1 is 1.07 bits per heavy atom. The number of pyridine rings is 1. The molecule has 2 N–H and O–H groups in total. The Morgan fingerprint density at radius 3 is 2.33 bits per heavy atom. The van der Waals surface area contributed by atoms with E-state index in [1.807, 2.05) is 65.0 Å². The van der Waals surface area contributed by atoms with Gasteiger partial charge in [-0.15, -0.1) is 0 Å². The first-order valence-electron chi connectivity index (χ1n) is 9.05. The summed E-state index contributed by atoms with van der Waals surface area (Å²) in [5.74, 6) is 1.57. The van der Waals surface area contributed by atoms with Crippen molar-refractivity contribution in [2.45, 2.75) is 51.9 Å². The molecule has 1 aromatic carbocycles. The topological polar surface area (TPSA) is 75.8 Å². The molecular weight excluding hydrogens is 343 g/mol. The average Bonchev–Trinajstić information content (AvgIpc) is 2.84. The number of hydrogen-bond acceptors (Lipinski definition) is 6. The van der Waals surface area contributed by atoms with Crippen LogP contribution < -0.4 is 20.7 Å². The number of para-hydroxylation sites is 1.